The van der Waals surface area contributed by atoms with Crippen LogP contribution in [0, 0.1) is 10.5 Å². The molecule has 0 aliphatic rings. The third-order valence-electron chi connectivity index (χ3n) is 1.31. The normalized spacial score (nSPS) is 11.8. The van der Waals surface area contributed by atoms with Crippen LogP contribution >= 0.6 is 22.6 Å². The van der Waals surface area contributed by atoms with Gasteiger partial charge in [-0.15, -0.1) is 13.2 Å². The molecular formula is C6H6F3IN2O. The molecule has 0 unspecified atom stereocenters. The molecule has 0 saturated heterocycles. The van der Waals surface area contributed by atoms with Crippen molar-refractivity contribution in [3.05, 3.63) is 9.26 Å². The van der Waals surface area contributed by atoms with Crippen molar-refractivity contribution in [3.63, 3.8) is 0 Å². The number of alkyl halides is 3. The molecule has 1 aromatic heterocycles. The summed E-state index contributed by atoms with van der Waals surface area (Å²) in [5, 5.41) is 3.78. The molecule has 0 aromatic carbocycles. The minimum atomic E-state index is -4.67. The van der Waals surface area contributed by atoms with Crippen molar-refractivity contribution < 1.29 is 17.9 Å². The highest BCUT2D eigenvalue weighted by Crippen LogP contribution is 2.28. The van der Waals surface area contributed by atoms with E-state index in [1.165, 1.54) is 7.05 Å². The van der Waals surface area contributed by atoms with Crippen LogP contribution in [0.5, 0.6) is 5.88 Å². The molecule has 0 N–H and O–H groups in total. The van der Waals surface area contributed by atoms with Crippen molar-refractivity contribution in [2.24, 2.45) is 7.05 Å². The highest BCUT2D eigenvalue weighted by atomic mass is 127. The highest BCUT2D eigenvalue weighted by Gasteiger charge is 2.34. The molecule has 13 heavy (non-hydrogen) atoms. The zero-order valence-electron chi connectivity index (χ0n) is 6.81. The summed E-state index contributed by atoms with van der Waals surface area (Å²) in [6, 6.07) is 0. The largest absolute Gasteiger partial charge is 0.574 e. The summed E-state index contributed by atoms with van der Waals surface area (Å²) in [6.45, 7) is 1.62. The van der Waals surface area contributed by atoms with Crippen LogP contribution in [0.15, 0.2) is 0 Å². The third kappa shape index (κ3) is 2.48. The van der Waals surface area contributed by atoms with E-state index >= 15 is 0 Å². The highest BCUT2D eigenvalue weighted by molar-refractivity contribution is 14.1. The fourth-order valence-electron chi connectivity index (χ4n) is 0.832. The lowest BCUT2D eigenvalue weighted by molar-refractivity contribution is -0.277. The maximum absolute atomic E-state index is 11.8. The van der Waals surface area contributed by atoms with Gasteiger partial charge in [-0.2, -0.15) is 5.10 Å². The molecule has 0 radical (unpaired) electrons. The average molecular weight is 306 g/mol. The van der Waals surface area contributed by atoms with Gasteiger partial charge in [-0.05, 0) is 29.5 Å². The van der Waals surface area contributed by atoms with Gasteiger partial charge in [-0.3, -0.25) is 0 Å². The minimum Gasteiger partial charge on any atom is -0.387 e. The number of rotatable bonds is 1. The van der Waals surface area contributed by atoms with Gasteiger partial charge < -0.3 is 4.74 Å². The molecular weight excluding hydrogens is 300 g/mol. The fourth-order valence-corrected chi connectivity index (χ4v) is 1.40. The Bertz CT molecular complexity index is 320. The van der Waals surface area contributed by atoms with Crippen LogP contribution in [0.2, 0.25) is 0 Å². The number of aromatic nitrogens is 2. The maximum atomic E-state index is 11.8. The van der Waals surface area contributed by atoms with Gasteiger partial charge in [0.2, 0.25) is 5.88 Å². The molecule has 0 saturated carbocycles. The fraction of sp³-hybridized carbons (Fsp3) is 0.500. The monoisotopic (exact) mass is 306 g/mol. The minimum absolute atomic E-state index is 0.273. The lowest BCUT2D eigenvalue weighted by Gasteiger charge is -2.08. The van der Waals surface area contributed by atoms with Crippen LogP contribution in [0.25, 0.3) is 0 Å². The average Bonchev–Trinajstić information content (AvgIpc) is 2.14. The van der Waals surface area contributed by atoms with Gasteiger partial charge in [0.1, 0.15) is 0 Å². The van der Waals surface area contributed by atoms with E-state index in [2.05, 4.69) is 9.84 Å². The molecule has 1 heterocycles. The van der Waals surface area contributed by atoms with Crippen molar-refractivity contribution in [1.29, 1.82) is 0 Å². The second-order valence-electron chi connectivity index (χ2n) is 2.38. The summed E-state index contributed by atoms with van der Waals surface area (Å²) in [5.41, 5.74) is 0.516. The number of hydrogen-bond acceptors (Lipinski definition) is 2. The van der Waals surface area contributed by atoms with Crippen molar-refractivity contribution in [2.45, 2.75) is 13.3 Å². The van der Waals surface area contributed by atoms with E-state index in [0.717, 1.165) is 4.68 Å². The predicted octanol–water partition coefficient (Wildman–Crippen LogP) is 2.23. The van der Waals surface area contributed by atoms with Gasteiger partial charge in [0.25, 0.3) is 0 Å². The predicted molar refractivity (Wildman–Crippen MR) is 47.3 cm³/mol. The third-order valence-corrected chi connectivity index (χ3v) is 2.55. The lowest BCUT2D eigenvalue weighted by Crippen LogP contribution is -2.19. The number of aryl methyl sites for hydroxylation is 2. The molecule has 0 bridgehead atoms. The molecule has 7 heteroatoms. The summed E-state index contributed by atoms with van der Waals surface area (Å²) in [7, 11) is 1.40. The lowest BCUT2D eigenvalue weighted by atomic mass is 10.5. The van der Waals surface area contributed by atoms with Crippen LogP contribution in [-0.4, -0.2) is 16.1 Å². The first-order valence-electron chi connectivity index (χ1n) is 3.26. The Morgan fingerprint density at radius 2 is 2.00 bits per heavy atom. The Morgan fingerprint density at radius 3 is 2.31 bits per heavy atom. The first-order chi connectivity index (χ1) is 5.81. The van der Waals surface area contributed by atoms with Gasteiger partial charge in [-0.25, -0.2) is 4.68 Å². The Hall–Kier alpha value is -0.470. The van der Waals surface area contributed by atoms with Gasteiger partial charge in [0.05, 0.1) is 9.26 Å². The Morgan fingerprint density at radius 1 is 1.46 bits per heavy atom. The molecule has 0 fully saturated rings. The van der Waals surface area contributed by atoms with Gasteiger partial charge in [0.15, 0.2) is 0 Å². The van der Waals surface area contributed by atoms with Crippen LogP contribution in [0.3, 0.4) is 0 Å². The van der Waals surface area contributed by atoms with E-state index in [9.17, 15) is 13.2 Å². The second kappa shape index (κ2) is 3.35. The molecule has 3 nitrogen and oxygen atoms in total. The SMILES string of the molecule is Cc1nn(C)c(OC(F)(F)F)c1I. The standard InChI is InChI=1S/C6H6F3IN2O/c1-3-4(10)5(12(2)11-3)13-6(7,8)9/h1-2H3. The first-order valence-corrected chi connectivity index (χ1v) is 4.34. The molecule has 1 rings (SSSR count). The topological polar surface area (TPSA) is 27.1 Å². The zero-order chi connectivity index (χ0) is 10.2. The number of hydrogen-bond donors (Lipinski definition) is 0. The first kappa shape index (κ1) is 10.6. The smallest absolute Gasteiger partial charge is 0.387 e. The van der Waals surface area contributed by atoms with Crippen LogP contribution in [0.4, 0.5) is 13.2 Å². The van der Waals surface area contributed by atoms with Crippen LogP contribution < -0.4 is 4.74 Å². The van der Waals surface area contributed by atoms with Gasteiger partial charge >= 0.3 is 6.36 Å². The molecule has 0 aliphatic carbocycles. The number of ether oxygens (including phenoxy) is 1. The van der Waals surface area contributed by atoms with E-state index in [0.29, 0.717) is 9.26 Å². The van der Waals surface area contributed by atoms with E-state index in [-0.39, 0.29) is 5.88 Å². The summed E-state index contributed by atoms with van der Waals surface area (Å²) in [6.07, 6.45) is -4.67. The van der Waals surface area contributed by atoms with Crippen LogP contribution in [-0.2, 0) is 7.05 Å². The Kier molecular flexibility index (Phi) is 2.74. The summed E-state index contributed by atoms with van der Waals surface area (Å²) < 4.78 is 40.7. The van der Waals surface area contributed by atoms with Crippen molar-refractivity contribution in [3.8, 4) is 5.88 Å². The summed E-state index contributed by atoms with van der Waals surface area (Å²) >= 11 is 1.76. The van der Waals surface area contributed by atoms with Crippen molar-refractivity contribution in [1.82, 2.24) is 9.78 Å². The van der Waals surface area contributed by atoms with Gasteiger partial charge in [-0.1, -0.05) is 0 Å². The molecule has 1 aromatic rings. The molecule has 0 amide bonds. The molecule has 0 spiro atoms. The van der Waals surface area contributed by atoms with Crippen molar-refractivity contribution in [2.75, 3.05) is 0 Å². The zero-order valence-corrected chi connectivity index (χ0v) is 8.97. The van der Waals surface area contributed by atoms with Crippen molar-refractivity contribution >= 4 is 22.6 Å². The Labute approximate surface area is 86.0 Å². The quantitative estimate of drug-likeness (QED) is 0.744. The van der Waals surface area contributed by atoms with Gasteiger partial charge in [0, 0.05) is 7.05 Å². The second-order valence-corrected chi connectivity index (χ2v) is 3.45. The van der Waals surface area contributed by atoms with E-state index in [4.69, 9.17) is 0 Å². The number of nitrogens with zero attached hydrogens (tertiary/aromatic N) is 2. The summed E-state index contributed by atoms with van der Waals surface area (Å²) in [5.74, 6) is -0.273. The van der Waals surface area contributed by atoms with E-state index < -0.39 is 6.36 Å². The van der Waals surface area contributed by atoms with E-state index in [1.807, 2.05) is 0 Å². The molecule has 74 valence electrons. The molecule has 0 aliphatic heterocycles. The maximum Gasteiger partial charge on any atom is 0.574 e. The molecule has 0 atom stereocenters. The van der Waals surface area contributed by atoms with Crippen LogP contribution in [0.1, 0.15) is 5.69 Å². The summed E-state index contributed by atoms with van der Waals surface area (Å²) in [4.78, 5) is 0. The van der Waals surface area contributed by atoms with E-state index in [1.54, 1.807) is 29.5 Å². The number of halogens is 4. The Balaban J connectivity index is 3.01.